The van der Waals surface area contributed by atoms with E-state index in [-0.39, 0.29) is 94.4 Å². The van der Waals surface area contributed by atoms with Gasteiger partial charge in [-0.15, -0.1) is 0 Å². The first kappa shape index (κ1) is 116. The van der Waals surface area contributed by atoms with Crippen LogP contribution in [0.15, 0.2) is 121 Å². The normalized spacial score (nSPS) is 17.3. The molecule has 0 unspecified atom stereocenters. The zero-order valence-electron chi connectivity index (χ0n) is 73.7. The molecule has 55 heteroatoms. The molecule has 0 atom stereocenters. The fourth-order valence-electron chi connectivity index (χ4n) is 14.6. The molecule has 0 spiro atoms. The van der Waals surface area contributed by atoms with Crippen LogP contribution in [0.1, 0.15) is 200 Å². The Morgan fingerprint density at radius 1 is 0.336 bits per heavy atom. The van der Waals surface area contributed by atoms with Gasteiger partial charge >= 0.3 is 86.0 Å². The van der Waals surface area contributed by atoms with Crippen molar-refractivity contribution in [3.05, 3.63) is 183 Å². The Balaban J connectivity index is 0.000000239. The maximum absolute atomic E-state index is 13.4. The van der Waals surface area contributed by atoms with Crippen LogP contribution in [0, 0.1) is 40.9 Å². The Labute approximate surface area is 802 Å². The van der Waals surface area contributed by atoms with Gasteiger partial charge in [0.2, 0.25) is 0 Å². The molecule has 6 aromatic carbocycles. The molecule has 6 aliphatic rings. The van der Waals surface area contributed by atoms with Crippen LogP contribution in [-0.4, -0.2) is 223 Å². The molecule has 0 N–H and O–H groups in total. The third-order valence-corrected chi connectivity index (χ3v) is 26.1. The van der Waals surface area contributed by atoms with Crippen LogP contribution < -0.4 is 23.7 Å². The smallest absolute Gasteiger partial charge is 0.367 e. The predicted octanol–water partition coefficient (Wildman–Crippen LogP) is 9.73. The zero-order chi connectivity index (χ0) is 105. The summed E-state index contributed by atoms with van der Waals surface area (Å²) in [6.45, 7) is -6.73. The van der Waals surface area contributed by atoms with Gasteiger partial charge in [-0.05, 0) is 155 Å². The number of hydrogen-bond donors (Lipinski definition) is 0. The van der Waals surface area contributed by atoms with E-state index in [4.69, 9.17) is 62.9 Å². The minimum absolute atomic E-state index is 0.0255. The minimum Gasteiger partial charge on any atom is -0.743 e. The molecule has 6 fully saturated rings. The van der Waals surface area contributed by atoms with Crippen molar-refractivity contribution in [2.45, 2.75) is 168 Å². The molecule has 0 heterocycles. The Bertz CT molecular complexity index is 6100. The highest BCUT2D eigenvalue weighted by molar-refractivity contribution is 7.87. The second-order valence-corrected chi connectivity index (χ2v) is 40.1. The first-order chi connectivity index (χ1) is 65.0. The number of benzene rings is 6. The number of esters is 10. The van der Waals surface area contributed by atoms with Gasteiger partial charge in [-0.1, -0.05) is 154 Å². The van der Waals surface area contributed by atoms with Crippen LogP contribution in [0.2, 0.25) is 0 Å². The first-order valence-corrected chi connectivity index (χ1v) is 48.8. The number of carbonyl (C=O) groups excluding carboxylic acids is 10. The fourth-order valence-corrected chi connectivity index (χ4v) is 15.7. The number of carbonyl (C=O) groups is 10. The summed E-state index contributed by atoms with van der Waals surface area (Å²) in [5.74, 6) is -11.0. The van der Waals surface area contributed by atoms with E-state index in [1.54, 1.807) is 18.2 Å². The van der Waals surface area contributed by atoms with Gasteiger partial charge < -0.3 is 70.1 Å². The number of rotatable bonds is 35. The number of alkyl halides is 10. The molecule has 4 bridgehead atoms. The highest BCUT2D eigenvalue weighted by Gasteiger charge is 2.56. The van der Waals surface area contributed by atoms with Crippen LogP contribution >= 0.6 is 0 Å². The van der Waals surface area contributed by atoms with E-state index in [1.807, 2.05) is 0 Å². The molecule has 6 saturated carbocycles. The van der Waals surface area contributed by atoms with Gasteiger partial charge in [0.25, 0.3) is 0 Å². The van der Waals surface area contributed by atoms with Gasteiger partial charge in [-0.25, -0.2) is 70.9 Å². The molecule has 35 nitrogen and oxygen atoms in total. The molecule has 0 amide bonds. The summed E-state index contributed by atoms with van der Waals surface area (Å²) in [5, 5.41) is -23.9. The van der Waals surface area contributed by atoms with E-state index in [2.05, 4.69) is 23.7 Å². The number of halogens is 10. The van der Waals surface area contributed by atoms with Gasteiger partial charge in [0.1, 0.15) is 56.6 Å². The molecule has 0 saturated heterocycles. The van der Waals surface area contributed by atoms with Crippen molar-refractivity contribution in [2.24, 2.45) is 40.9 Å². The zero-order valence-corrected chi connectivity index (χ0v) is 77.8. The van der Waals surface area contributed by atoms with Crippen LogP contribution in [-0.2, 0) is 125 Å². The summed E-state index contributed by atoms with van der Waals surface area (Å²) in [5.41, 5.74) is 0.131. The van der Waals surface area contributed by atoms with Crippen molar-refractivity contribution in [2.75, 3.05) is 33.0 Å². The second-order valence-electron chi connectivity index (χ2n) is 32.6. The highest BCUT2D eigenvalue weighted by atomic mass is 32.2. The average Bonchev–Trinajstić information content (AvgIpc) is 0.976. The molecular weight excluding hydrogens is 1990 g/mol. The SMILES string of the molecule is [B]Cc1ccc(C(=O)OCC(F)(F)S(=O)(=O)[O-])c(OC(=O)C(C)C)c1.[B]Cc1ccc(C(=O)OCC(F)(F)S(=O)(=O)[O-])c(OC(=O)C23CC4CC(CC(C4)C2)C3)c1.[B]Cc1ccc(C(=O)OCC(F)(F)S(=O)(=O)[O-])c(OC(=O)C2CCCC2)c1.[B]Cc1ccc(C(=O)OCC(F)(F)S(=O)(=O)[O-])c(OC(=O)C2CCCCC2)c1.[B]Cc1ccc(C(=O)OCC(F)(F)S(=O)(=O)[O-])c(OC(=O)c2ccccc2)c1. The highest BCUT2D eigenvalue weighted by Crippen LogP contribution is 2.60. The van der Waals surface area contributed by atoms with E-state index < -0.39 is 192 Å². The second kappa shape index (κ2) is 48.8. The summed E-state index contributed by atoms with van der Waals surface area (Å²) in [6.07, 6.45) is 12.9. The molecule has 6 aromatic rings. The standard InChI is InChI=1S/C21H23BF2O7S.C17H19BF2O7S.C17H13BF2O7S.C16H17BF2O7S.C14H15BF2O7S/c22-10-12-1-2-16(18(25)30-11-21(23,24)32(27,28)29)17(6-12)31-19(26)20-7-13-3-14(8-20)5-15(4-13)9-20;2*18-9-11-6-7-13(16(22)26-10-17(19,20)28(23,24)25)14(8-11)27-15(21)12-4-2-1-3-5-12;17-8-10-5-6-12(15(21)25-9-16(18,19)27(22,23)24)13(7-10)26-14(20)11-3-1-2-4-11;1-8(2)12(18)24-11-5-9(6-15)3-4-10(11)13(19)23-7-14(16,17)25(20,21)22/h1-2,6,13-15H,3-5,7-11H2,(H,27,28,29);6-8,12H,1-5,9-10H2,(H,23,24,25);1-8H,9-10H2,(H,23,24,25);5-7,11H,1-4,8-9H2,(H,22,23,24);3-5,8H,6-7H2,1-2H3,(H,20,21,22)/p-5. The van der Waals surface area contributed by atoms with Gasteiger partial charge in [-0.2, -0.15) is 43.9 Å². The van der Waals surface area contributed by atoms with E-state index >= 15 is 0 Å². The van der Waals surface area contributed by atoms with Crippen LogP contribution in [0.25, 0.3) is 0 Å². The quantitative estimate of drug-likeness (QED) is 0.00891. The van der Waals surface area contributed by atoms with Crippen molar-refractivity contribution in [3.8, 4) is 28.7 Å². The molecule has 140 heavy (non-hydrogen) atoms. The molecule has 0 aromatic heterocycles. The lowest BCUT2D eigenvalue weighted by atomic mass is 9.49. The largest absolute Gasteiger partial charge is 0.743 e. The van der Waals surface area contributed by atoms with Crippen molar-refractivity contribution in [1.29, 1.82) is 0 Å². The fraction of sp³-hybridized carbons (Fsp3) is 0.459. The van der Waals surface area contributed by atoms with Crippen molar-refractivity contribution < 1.29 is 204 Å². The van der Waals surface area contributed by atoms with Gasteiger partial charge in [0.15, 0.2) is 83.6 Å². The lowest BCUT2D eigenvalue weighted by molar-refractivity contribution is -0.161. The summed E-state index contributed by atoms with van der Waals surface area (Å²) in [7, 11) is -2.42. The first-order valence-electron chi connectivity index (χ1n) is 41.8. The third kappa shape index (κ3) is 32.1. The van der Waals surface area contributed by atoms with Gasteiger partial charge in [0.05, 0.1) is 68.0 Å². The van der Waals surface area contributed by atoms with E-state index in [0.717, 1.165) is 94.9 Å². The van der Waals surface area contributed by atoms with E-state index in [1.165, 1.54) is 92.7 Å². The summed E-state index contributed by atoms with van der Waals surface area (Å²) >= 11 is 0. The Morgan fingerprint density at radius 3 is 0.814 bits per heavy atom. The topological polar surface area (TPSA) is 549 Å². The summed E-state index contributed by atoms with van der Waals surface area (Å²) < 4.78 is 337. The monoisotopic (exact) mass is 2070 g/mol. The molecule has 752 valence electrons. The number of hydrogen-bond acceptors (Lipinski definition) is 35. The Hall–Kier alpha value is -10.8. The summed E-state index contributed by atoms with van der Waals surface area (Å²) in [4.78, 5) is 122. The maximum Gasteiger partial charge on any atom is 0.367 e. The third-order valence-electron chi connectivity index (χ3n) is 21.8. The van der Waals surface area contributed by atoms with Gasteiger partial charge in [-0.3, -0.25) is 19.2 Å². The molecule has 0 aliphatic heterocycles. The molecule has 12 rings (SSSR count). The summed E-state index contributed by atoms with van der Waals surface area (Å²) in [6, 6.07) is 26.9. The van der Waals surface area contributed by atoms with Crippen molar-refractivity contribution in [1.82, 2.24) is 0 Å². The van der Waals surface area contributed by atoms with Crippen molar-refractivity contribution >= 4 is 150 Å². The van der Waals surface area contributed by atoms with Crippen LogP contribution in [0.4, 0.5) is 43.9 Å². The Kier molecular flexibility index (Phi) is 40.5. The van der Waals surface area contributed by atoms with Crippen LogP contribution in [0.5, 0.6) is 28.7 Å². The van der Waals surface area contributed by atoms with Crippen molar-refractivity contribution in [3.63, 3.8) is 0 Å². The lowest BCUT2D eigenvalue weighted by Crippen LogP contribution is -2.51. The minimum atomic E-state index is -6.02. The predicted molar refractivity (Wildman–Crippen MR) is 462 cm³/mol. The molecule has 6 aliphatic carbocycles. The van der Waals surface area contributed by atoms with E-state index in [0.29, 0.717) is 71.3 Å². The Morgan fingerprint density at radius 2 is 0.571 bits per heavy atom. The van der Waals surface area contributed by atoms with Gasteiger partial charge in [0, 0.05) is 0 Å². The average molecular weight is 2070 g/mol. The maximum atomic E-state index is 13.4. The number of ether oxygens (including phenoxy) is 10. The molecular formula is C85H82B5F10O35S5-5. The molecule has 10 radical (unpaired) electrons. The van der Waals surface area contributed by atoms with Crippen LogP contribution in [0.3, 0.4) is 0 Å². The van der Waals surface area contributed by atoms with E-state index in [9.17, 15) is 157 Å². The lowest BCUT2D eigenvalue weighted by Gasteiger charge is -2.55.